The maximum Gasteiger partial charge on any atom is 0.240 e. The minimum absolute atomic E-state index is 0.0684. The first-order valence-electron chi connectivity index (χ1n) is 8.77. The van der Waals surface area contributed by atoms with Crippen LogP contribution in [-0.2, 0) is 16.0 Å². The van der Waals surface area contributed by atoms with Crippen molar-refractivity contribution in [3.05, 3.63) is 53.6 Å². The van der Waals surface area contributed by atoms with Crippen LogP contribution < -0.4 is 19.7 Å². The molecule has 0 heterocycles. The maximum atomic E-state index is 12.4. The van der Waals surface area contributed by atoms with E-state index in [0.29, 0.717) is 24.4 Å². The van der Waals surface area contributed by atoms with Gasteiger partial charge in [-0.2, -0.15) is 0 Å². The van der Waals surface area contributed by atoms with Gasteiger partial charge in [-0.25, -0.2) is 0 Å². The third-order valence-electron chi connectivity index (χ3n) is 4.22. The summed E-state index contributed by atoms with van der Waals surface area (Å²) in [6.07, 6.45) is 0.642. The highest BCUT2D eigenvalue weighted by molar-refractivity contribution is 5.98. The first kappa shape index (κ1) is 20.3. The predicted octanol–water partition coefficient (Wildman–Crippen LogP) is 2.72. The van der Waals surface area contributed by atoms with E-state index in [-0.39, 0.29) is 18.4 Å². The molecule has 0 spiro atoms. The lowest BCUT2D eigenvalue weighted by Gasteiger charge is -2.23. The number of carbonyl (C=O) groups excluding carboxylic acids is 2. The second-order valence-corrected chi connectivity index (χ2v) is 6.19. The molecule has 144 valence electrons. The van der Waals surface area contributed by atoms with Crippen molar-refractivity contribution in [3.8, 4) is 11.5 Å². The Hall–Kier alpha value is -3.02. The molecule has 0 radical (unpaired) electrons. The molecule has 0 aromatic heterocycles. The molecule has 2 amide bonds. The lowest BCUT2D eigenvalue weighted by atomic mass is 10.1. The number of anilines is 1. The second kappa shape index (κ2) is 9.62. The van der Waals surface area contributed by atoms with Crippen LogP contribution in [0.2, 0.25) is 0 Å². The van der Waals surface area contributed by atoms with E-state index < -0.39 is 0 Å². The van der Waals surface area contributed by atoms with Crippen molar-refractivity contribution in [3.63, 3.8) is 0 Å². The highest BCUT2D eigenvalue weighted by atomic mass is 16.5. The summed E-state index contributed by atoms with van der Waals surface area (Å²) in [6.45, 7) is 3.75. The standard InChI is InChI=1S/C21H26N2O4/c1-15-9-10-20(27-4)18(13-15)23(16(2)24)14-21(25)22-12-11-17-7-5-6-8-19(17)26-3/h5-10,13H,11-12,14H2,1-4H3,(H,22,25). The third kappa shape index (κ3) is 5.48. The van der Waals surface area contributed by atoms with Crippen molar-refractivity contribution in [2.75, 3.05) is 32.2 Å². The van der Waals surface area contributed by atoms with Crippen molar-refractivity contribution in [2.24, 2.45) is 0 Å². The van der Waals surface area contributed by atoms with Gasteiger partial charge in [0.25, 0.3) is 0 Å². The summed E-state index contributed by atoms with van der Waals surface area (Å²) < 4.78 is 10.7. The van der Waals surface area contributed by atoms with Crippen LogP contribution in [0.5, 0.6) is 11.5 Å². The summed E-state index contributed by atoms with van der Waals surface area (Å²) >= 11 is 0. The largest absolute Gasteiger partial charge is 0.496 e. The van der Waals surface area contributed by atoms with Crippen molar-refractivity contribution in [1.82, 2.24) is 5.32 Å². The number of para-hydroxylation sites is 1. The first-order valence-corrected chi connectivity index (χ1v) is 8.77. The minimum Gasteiger partial charge on any atom is -0.496 e. The maximum absolute atomic E-state index is 12.4. The van der Waals surface area contributed by atoms with E-state index in [1.807, 2.05) is 43.3 Å². The highest BCUT2D eigenvalue weighted by Crippen LogP contribution is 2.29. The Morgan fingerprint density at radius 2 is 1.74 bits per heavy atom. The summed E-state index contributed by atoms with van der Waals surface area (Å²) in [6, 6.07) is 13.2. The molecule has 0 aliphatic carbocycles. The van der Waals surface area contributed by atoms with Crippen molar-refractivity contribution in [2.45, 2.75) is 20.3 Å². The molecule has 0 aliphatic heterocycles. The number of aryl methyl sites for hydroxylation is 1. The first-order chi connectivity index (χ1) is 13.0. The Morgan fingerprint density at radius 1 is 1.04 bits per heavy atom. The van der Waals surface area contributed by atoms with Crippen molar-refractivity contribution < 1.29 is 19.1 Å². The molecule has 2 aromatic carbocycles. The third-order valence-corrected chi connectivity index (χ3v) is 4.22. The fraction of sp³-hybridized carbons (Fsp3) is 0.333. The van der Waals surface area contributed by atoms with Gasteiger partial charge in [0.1, 0.15) is 18.0 Å². The number of nitrogens with one attached hydrogen (secondary N) is 1. The molecule has 0 atom stereocenters. The van der Waals surface area contributed by atoms with E-state index in [4.69, 9.17) is 9.47 Å². The van der Waals surface area contributed by atoms with Gasteiger partial charge in [-0.3, -0.25) is 14.5 Å². The minimum atomic E-state index is -0.233. The van der Waals surface area contributed by atoms with Crippen molar-refractivity contribution >= 4 is 17.5 Å². The van der Waals surface area contributed by atoms with Crippen LogP contribution in [0.15, 0.2) is 42.5 Å². The van der Waals surface area contributed by atoms with Gasteiger partial charge in [0.15, 0.2) is 0 Å². The van der Waals surface area contributed by atoms with Gasteiger partial charge in [-0.1, -0.05) is 24.3 Å². The highest BCUT2D eigenvalue weighted by Gasteiger charge is 2.19. The number of nitrogens with zero attached hydrogens (tertiary/aromatic N) is 1. The van der Waals surface area contributed by atoms with E-state index >= 15 is 0 Å². The molecule has 0 bridgehead atoms. The SMILES string of the molecule is COc1ccccc1CCNC(=O)CN(C(C)=O)c1cc(C)ccc1OC. The topological polar surface area (TPSA) is 67.9 Å². The fourth-order valence-corrected chi connectivity index (χ4v) is 2.82. The zero-order valence-corrected chi connectivity index (χ0v) is 16.2. The summed E-state index contributed by atoms with van der Waals surface area (Å²) in [7, 11) is 3.16. The monoisotopic (exact) mass is 370 g/mol. The van der Waals surface area contributed by atoms with Crippen molar-refractivity contribution in [1.29, 1.82) is 0 Å². The Balaban J connectivity index is 2.01. The lowest BCUT2D eigenvalue weighted by molar-refractivity contribution is -0.123. The number of methoxy groups -OCH3 is 2. The van der Waals surface area contributed by atoms with Gasteiger partial charge in [0, 0.05) is 13.5 Å². The smallest absolute Gasteiger partial charge is 0.240 e. The molecule has 0 saturated carbocycles. The molecule has 1 N–H and O–H groups in total. The molecule has 0 saturated heterocycles. The number of amides is 2. The summed E-state index contributed by atoms with van der Waals surface area (Å²) in [5, 5.41) is 2.86. The van der Waals surface area contributed by atoms with E-state index in [9.17, 15) is 9.59 Å². The van der Waals surface area contributed by atoms with Gasteiger partial charge in [-0.15, -0.1) is 0 Å². The van der Waals surface area contributed by atoms with E-state index in [1.165, 1.54) is 11.8 Å². The van der Waals surface area contributed by atoms with Gasteiger partial charge in [0.2, 0.25) is 11.8 Å². The number of rotatable bonds is 8. The average molecular weight is 370 g/mol. The number of hydrogen-bond acceptors (Lipinski definition) is 4. The molecule has 6 heteroatoms. The Labute approximate surface area is 160 Å². The van der Waals surface area contributed by atoms with E-state index in [1.54, 1.807) is 20.3 Å². The zero-order valence-electron chi connectivity index (χ0n) is 16.2. The van der Waals surface area contributed by atoms with E-state index in [2.05, 4.69) is 5.32 Å². The molecule has 0 aliphatic rings. The predicted molar refractivity (Wildman–Crippen MR) is 105 cm³/mol. The zero-order chi connectivity index (χ0) is 19.8. The summed E-state index contributed by atoms with van der Waals surface area (Å²) in [5.74, 6) is 0.890. The summed E-state index contributed by atoms with van der Waals surface area (Å²) in [5.41, 5.74) is 2.59. The molecule has 2 rings (SSSR count). The second-order valence-electron chi connectivity index (χ2n) is 6.19. The summed E-state index contributed by atoms with van der Waals surface area (Å²) in [4.78, 5) is 25.9. The lowest BCUT2D eigenvalue weighted by Crippen LogP contribution is -2.40. The quantitative estimate of drug-likeness (QED) is 0.776. The fourth-order valence-electron chi connectivity index (χ4n) is 2.82. The number of hydrogen-bond donors (Lipinski definition) is 1. The average Bonchev–Trinajstić information content (AvgIpc) is 2.66. The van der Waals surface area contributed by atoms with Crippen LogP contribution in [0, 0.1) is 6.92 Å². The van der Waals surface area contributed by atoms with Crippen LogP contribution >= 0.6 is 0 Å². The normalized spacial score (nSPS) is 10.2. The molecular formula is C21H26N2O4. The van der Waals surface area contributed by atoms with Gasteiger partial charge in [0.05, 0.1) is 19.9 Å². The van der Waals surface area contributed by atoms with Gasteiger partial charge in [-0.05, 0) is 42.7 Å². The van der Waals surface area contributed by atoms with Gasteiger partial charge < -0.3 is 14.8 Å². The van der Waals surface area contributed by atoms with Crippen LogP contribution in [0.1, 0.15) is 18.1 Å². The van der Waals surface area contributed by atoms with Crippen LogP contribution in [0.25, 0.3) is 0 Å². The van der Waals surface area contributed by atoms with Crippen LogP contribution in [0.3, 0.4) is 0 Å². The molecule has 0 fully saturated rings. The molecule has 6 nitrogen and oxygen atoms in total. The Bertz CT molecular complexity index is 805. The van der Waals surface area contributed by atoms with E-state index in [0.717, 1.165) is 16.9 Å². The molecular weight excluding hydrogens is 344 g/mol. The number of carbonyl (C=O) groups is 2. The molecule has 2 aromatic rings. The van der Waals surface area contributed by atoms with Crippen LogP contribution in [-0.4, -0.2) is 39.1 Å². The molecule has 27 heavy (non-hydrogen) atoms. The number of ether oxygens (including phenoxy) is 2. The Kier molecular flexibility index (Phi) is 7.23. The molecule has 0 unspecified atom stereocenters. The van der Waals surface area contributed by atoms with Crippen LogP contribution in [0.4, 0.5) is 5.69 Å². The van der Waals surface area contributed by atoms with Gasteiger partial charge >= 0.3 is 0 Å². The Morgan fingerprint density at radius 3 is 2.41 bits per heavy atom. The number of benzene rings is 2.